The molecule has 0 unspecified atom stereocenters. The van der Waals surface area contributed by atoms with Crippen molar-refractivity contribution in [1.82, 2.24) is 4.98 Å². The van der Waals surface area contributed by atoms with Crippen molar-refractivity contribution in [1.29, 1.82) is 0 Å². The zero-order valence-corrected chi connectivity index (χ0v) is 13.5. The zero-order valence-electron chi connectivity index (χ0n) is 12.7. The number of aromatic nitrogens is 1. The van der Waals surface area contributed by atoms with Gasteiger partial charge in [-0.25, -0.2) is 9.78 Å². The Morgan fingerprint density at radius 1 is 1.29 bits per heavy atom. The first-order valence-electron chi connectivity index (χ1n) is 7.10. The van der Waals surface area contributed by atoms with Crippen molar-refractivity contribution in [2.45, 2.75) is 33.6 Å². The van der Waals surface area contributed by atoms with E-state index in [0.717, 1.165) is 19.4 Å². The Morgan fingerprint density at radius 2 is 2.05 bits per heavy atom. The van der Waals surface area contributed by atoms with E-state index in [4.69, 9.17) is 9.47 Å². The van der Waals surface area contributed by atoms with E-state index in [9.17, 15) is 9.59 Å². The number of hydrogen-bond acceptors (Lipinski definition) is 7. The van der Waals surface area contributed by atoms with Crippen LogP contribution in [-0.2, 0) is 9.47 Å². The monoisotopic (exact) mass is 314 g/mol. The molecule has 6 nitrogen and oxygen atoms in total. The van der Waals surface area contributed by atoms with E-state index < -0.39 is 5.97 Å². The number of carbonyl (C=O) groups excluding carboxylic acids is 2. The minimum atomic E-state index is -0.557. The van der Waals surface area contributed by atoms with Gasteiger partial charge in [-0.05, 0) is 19.8 Å². The van der Waals surface area contributed by atoms with Crippen LogP contribution < -0.4 is 5.32 Å². The van der Waals surface area contributed by atoms with Crippen molar-refractivity contribution in [2.75, 3.05) is 31.7 Å². The van der Waals surface area contributed by atoms with Gasteiger partial charge in [0, 0.05) is 26.7 Å². The molecule has 1 heterocycles. The van der Waals surface area contributed by atoms with Crippen LogP contribution in [0.1, 0.15) is 53.8 Å². The summed E-state index contributed by atoms with van der Waals surface area (Å²) in [5.41, 5.74) is 0.0964. The smallest absolute Gasteiger partial charge is 0.358 e. The number of anilines is 1. The summed E-state index contributed by atoms with van der Waals surface area (Å²) >= 11 is 1.18. The number of Topliss-reactive ketones (excluding diaryl/α,β-unsaturated/α-hetero) is 1. The number of ether oxygens (including phenoxy) is 2. The summed E-state index contributed by atoms with van der Waals surface area (Å²) in [5, 5.41) is 3.66. The molecule has 21 heavy (non-hydrogen) atoms. The first kappa shape index (κ1) is 17.6. The van der Waals surface area contributed by atoms with Gasteiger partial charge in [0.2, 0.25) is 0 Å². The molecule has 0 aliphatic heterocycles. The second-order valence-electron chi connectivity index (χ2n) is 4.37. The van der Waals surface area contributed by atoms with E-state index in [-0.39, 0.29) is 18.1 Å². The summed E-state index contributed by atoms with van der Waals surface area (Å²) in [7, 11) is 0. The molecule has 118 valence electrons. The van der Waals surface area contributed by atoms with Crippen LogP contribution in [0.25, 0.3) is 0 Å². The Balaban J connectivity index is 2.57. The SMILES string of the molecule is CCCOCCCNc1nc(C(=O)OCC)c(C(C)=O)s1. The Morgan fingerprint density at radius 3 is 2.67 bits per heavy atom. The van der Waals surface area contributed by atoms with Crippen LogP contribution >= 0.6 is 11.3 Å². The molecule has 1 rings (SSSR count). The van der Waals surface area contributed by atoms with Gasteiger partial charge in [0.1, 0.15) is 4.88 Å². The fourth-order valence-corrected chi connectivity index (χ4v) is 2.46. The Kier molecular flexibility index (Phi) is 7.92. The average Bonchev–Trinajstić information content (AvgIpc) is 2.87. The van der Waals surface area contributed by atoms with Crippen molar-refractivity contribution in [3.63, 3.8) is 0 Å². The van der Waals surface area contributed by atoms with Gasteiger partial charge in [0.05, 0.1) is 6.61 Å². The van der Waals surface area contributed by atoms with E-state index in [2.05, 4.69) is 17.2 Å². The lowest BCUT2D eigenvalue weighted by atomic mass is 10.3. The highest BCUT2D eigenvalue weighted by molar-refractivity contribution is 7.17. The molecule has 0 amide bonds. The second-order valence-corrected chi connectivity index (χ2v) is 5.37. The molecule has 0 saturated carbocycles. The standard InChI is InChI=1S/C14H22N2O4S/c1-4-8-19-9-6-7-15-14-16-11(13(18)20-5-2)12(21-14)10(3)17/h4-9H2,1-3H3,(H,15,16). The van der Waals surface area contributed by atoms with Crippen molar-refractivity contribution in [2.24, 2.45) is 0 Å². The number of rotatable bonds is 10. The fraction of sp³-hybridized carbons (Fsp3) is 0.643. The molecule has 1 aromatic heterocycles. The number of nitrogens with one attached hydrogen (secondary N) is 1. The summed E-state index contributed by atoms with van der Waals surface area (Å²) in [6.45, 7) is 7.57. The summed E-state index contributed by atoms with van der Waals surface area (Å²) in [5.74, 6) is -0.742. The minimum absolute atomic E-state index is 0.0964. The minimum Gasteiger partial charge on any atom is -0.461 e. The van der Waals surface area contributed by atoms with Crippen molar-refractivity contribution in [3.05, 3.63) is 10.6 Å². The summed E-state index contributed by atoms with van der Waals surface area (Å²) in [6, 6.07) is 0. The van der Waals surface area contributed by atoms with Gasteiger partial charge >= 0.3 is 5.97 Å². The third-order valence-corrected chi connectivity index (χ3v) is 3.62. The van der Waals surface area contributed by atoms with E-state index >= 15 is 0 Å². The molecule has 1 N–H and O–H groups in total. The maximum absolute atomic E-state index is 11.8. The van der Waals surface area contributed by atoms with E-state index in [1.807, 2.05) is 0 Å². The van der Waals surface area contributed by atoms with E-state index in [1.165, 1.54) is 18.3 Å². The van der Waals surface area contributed by atoms with Gasteiger partial charge in [-0.1, -0.05) is 18.3 Å². The van der Waals surface area contributed by atoms with Crippen molar-refractivity contribution < 1.29 is 19.1 Å². The van der Waals surface area contributed by atoms with Crippen LogP contribution in [0.3, 0.4) is 0 Å². The van der Waals surface area contributed by atoms with Gasteiger partial charge in [-0.3, -0.25) is 4.79 Å². The van der Waals surface area contributed by atoms with Crippen molar-refractivity contribution in [3.8, 4) is 0 Å². The molecule has 0 saturated heterocycles. The molecule has 0 aromatic carbocycles. The fourth-order valence-electron chi connectivity index (χ4n) is 1.59. The highest BCUT2D eigenvalue weighted by atomic mass is 32.1. The highest BCUT2D eigenvalue weighted by Gasteiger charge is 2.22. The van der Waals surface area contributed by atoms with Crippen molar-refractivity contribution >= 4 is 28.2 Å². The number of esters is 1. The first-order chi connectivity index (χ1) is 10.1. The molecule has 0 spiro atoms. The average molecular weight is 314 g/mol. The van der Waals surface area contributed by atoms with Crippen LogP contribution in [-0.4, -0.2) is 43.1 Å². The van der Waals surface area contributed by atoms with E-state index in [1.54, 1.807) is 6.92 Å². The molecule has 0 fully saturated rings. The van der Waals surface area contributed by atoms with Gasteiger partial charge in [0.15, 0.2) is 16.6 Å². The molecule has 0 bridgehead atoms. The molecule has 1 aromatic rings. The third kappa shape index (κ3) is 5.81. The lowest BCUT2D eigenvalue weighted by molar-refractivity contribution is 0.0517. The molecule has 0 radical (unpaired) electrons. The van der Waals surface area contributed by atoms with Gasteiger partial charge in [0.25, 0.3) is 0 Å². The topological polar surface area (TPSA) is 77.5 Å². The summed E-state index contributed by atoms with van der Waals surface area (Å²) in [6.07, 6.45) is 1.84. The van der Waals surface area contributed by atoms with Crippen LogP contribution in [0, 0.1) is 0 Å². The lowest BCUT2D eigenvalue weighted by Gasteiger charge is -2.03. The van der Waals surface area contributed by atoms with Gasteiger partial charge in [-0.2, -0.15) is 0 Å². The number of carbonyl (C=O) groups is 2. The normalized spacial score (nSPS) is 10.4. The Labute approximate surface area is 128 Å². The quantitative estimate of drug-likeness (QED) is 0.406. The lowest BCUT2D eigenvalue weighted by Crippen LogP contribution is -2.10. The van der Waals surface area contributed by atoms with Crippen LogP contribution in [0.5, 0.6) is 0 Å². The molecular formula is C14H22N2O4S. The summed E-state index contributed by atoms with van der Waals surface area (Å²) in [4.78, 5) is 27.8. The number of ketones is 1. The third-order valence-electron chi connectivity index (χ3n) is 2.51. The second kappa shape index (κ2) is 9.46. The summed E-state index contributed by atoms with van der Waals surface area (Å²) < 4.78 is 10.3. The molecule has 0 aliphatic carbocycles. The highest BCUT2D eigenvalue weighted by Crippen LogP contribution is 2.24. The maximum Gasteiger partial charge on any atom is 0.358 e. The number of thiazole rings is 1. The first-order valence-corrected chi connectivity index (χ1v) is 7.92. The van der Waals surface area contributed by atoms with Crippen LogP contribution in [0.2, 0.25) is 0 Å². The van der Waals surface area contributed by atoms with Crippen LogP contribution in [0.15, 0.2) is 0 Å². The van der Waals surface area contributed by atoms with Crippen LogP contribution in [0.4, 0.5) is 5.13 Å². The predicted molar refractivity (Wildman–Crippen MR) is 82.3 cm³/mol. The zero-order chi connectivity index (χ0) is 15.7. The predicted octanol–water partition coefficient (Wildman–Crippen LogP) is 2.75. The Hall–Kier alpha value is -1.47. The maximum atomic E-state index is 11.8. The number of nitrogens with zero attached hydrogens (tertiary/aromatic N) is 1. The van der Waals surface area contributed by atoms with Gasteiger partial charge < -0.3 is 14.8 Å². The molecule has 0 aliphatic rings. The largest absolute Gasteiger partial charge is 0.461 e. The Bertz CT molecular complexity index is 474. The molecular weight excluding hydrogens is 292 g/mol. The molecule has 0 atom stereocenters. The van der Waals surface area contributed by atoms with E-state index in [0.29, 0.717) is 23.2 Å². The molecule has 7 heteroatoms. The van der Waals surface area contributed by atoms with Gasteiger partial charge in [-0.15, -0.1) is 0 Å². The number of hydrogen-bond donors (Lipinski definition) is 1.